The second-order valence-electron chi connectivity index (χ2n) is 12.2. The summed E-state index contributed by atoms with van der Waals surface area (Å²) in [5, 5.41) is 0. The molecule has 0 amide bonds. The molecule has 0 aromatic heterocycles. The number of terminal acetylenes is 3. The molecular formula is C90H6O6. The quantitative estimate of drug-likeness (QED) is 0.169. The van der Waals surface area contributed by atoms with Crippen LogP contribution in [0, 0.1) is 499 Å². The Bertz CT molecular complexity index is 6320. The zero-order valence-corrected chi connectivity index (χ0v) is 48.0. The predicted molar refractivity (Wildman–Crippen MR) is 361 cm³/mol. The monoisotopic (exact) mass is 1180 g/mol. The number of rotatable bonds is 4. The third kappa shape index (κ3) is 62.9. The second kappa shape index (κ2) is 67.2. The standard InChI is InChI=1S/C90H6O6/c1-4-7-10-13-16-19-22-25-28-31-34-37-40-43-46-49-52-55-58-61-64-67-70-73-76-79-82-94-88(91)85-87(90(93)96-84-81-78-75-72-69-66-63-60-57-54-51-48-45-42-39-36-33-30-27-24-21-18-15-12-9-6-3)86-89(92)95-83-80-77-74-71-68-65-62-59-56-53-50-47-44-41-38-35-32-29-26-23-20-17-14-11-8-5-2/h1-3,85H,86H2. The minimum Gasteiger partial charge on any atom is -0.371 e. The maximum absolute atomic E-state index is 12.8. The molecule has 0 aliphatic heterocycles. The van der Waals surface area contributed by atoms with Gasteiger partial charge in [0, 0.05) is 326 Å². The molecule has 96 heavy (non-hydrogen) atoms. The van der Waals surface area contributed by atoms with E-state index in [-0.39, 0.29) is 0 Å². The van der Waals surface area contributed by atoms with Crippen LogP contribution >= 0.6 is 0 Å². The summed E-state index contributed by atoms with van der Waals surface area (Å²) < 4.78 is 14.3. The first kappa shape index (κ1) is 75.7. The van der Waals surface area contributed by atoms with Gasteiger partial charge >= 0.3 is 17.9 Å². The van der Waals surface area contributed by atoms with E-state index in [4.69, 9.17) is 33.5 Å². The van der Waals surface area contributed by atoms with Gasteiger partial charge in [0.25, 0.3) is 0 Å². The van der Waals surface area contributed by atoms with Crippen molar-refractivity contribution in [1.82, 2.24) is 0 Å². The molecule has 0 saturated heterocycles. The Morgan fingerprint density at radius 3 is 0.521 bits per heavy atom. The lowest BCUT2D eigenvalue weighted by Gasteiger charge is -2.01. The summed E-state index contributed by atoms with van der Waals surface area (Å²) in [4.78, 5) is 37.9. The van der Waals surface area contributed by atoms with Gasteiger partial charge in [-0.25, -0.2) is 9.59 Å². The van der Waals surface area contributed by atoms with Crippen molar-refractivity contribution < 1.29 is 28.6 Å². The van der Waals surface area contributed by atoms with Gasteiger partial charge in [0.1, 0.15) is 18.3 Å². The molecule has 0 aliphatic rings. The van der Waals surface area contributed by atoms with Crippen molar-refractivity contribution in [2.24, 2.45) is 0 Å². The average Bonchev–Trinajstić information content (AvgIpc) is 2.19. The summed E-state index contributed by atoms with van der Waals surface area (Å²) in [5.41, 5.74) is -0.599. The number of hydrogen-bond donors (Lipinski definition) is 0. The van der Waals surface area contributed by atoms with E-state index in [0.29, 0.717) is 6.08 Å². The minimum absolute atomic E-state index is 0.590. The number of esters is 3. The van der Waals surface area contributed by atoms with E-state index >= 15 is 0 Å². The number of carbonyl (C=O) groups is 3. The minimum atomic E-state index is -1.28. The van der Waals surface area contributed by atoms with Crippen LogP contribution in [0.4, 0.5) is 0 Å². The van der Waals surface area contributed by atoms with Crippen molar-refractivity contribution in [3.05, 3.63) is 11.6 Å². The van der Waals surface area contributed by atoms with Gasteiger partial charge in [-0.05, 0) is 142 Å². The summed E-state index contributed by atoms with van der Waals surface area (Å²) in [6, 6.07) is 0. The molecule has 0 aliphatic carbocycles. The molecule has 6 heteroatoms. The highest BCUT2D eigenvalue weighted by molar-refractivity contribution is 6.00. The van der Waals surface area contributed by atoms with Gasteiger partial charge in [0.2, 0.25) is 0 Å². The normalized spacial score (nSPS) is 4.95. The van der Waals surface area contributed by atoms with Crippen molar-refractivity contribution in [2.75, 3.05) is 0 Å². The first-order valence-corrected chi connectivity index (χ1v) is 23.7. The van der Waals surface area contributed by atoms with Gasteiger partial charge < -0.3 is 14.2 Å². The van der Waals surface area contributed by atoms with Crippen LogP contribution in [0.2, 0.25) is 0 Å². The Morgan fingerprint density at radius 1 is 0.198 bits per heavy atom. The molecule has 0 atom stereocenters. The zero-order chi connectivity index (χ0) is 69.1. The molecule has 0 heterocycles. The maximum Gasteiger partial charge on any atom is 0.348 e. The van der Waals surface area contributed by atoms with Gasteiger partial charge in [-0.15, -0.1) is 19.3 Å². The van der Waals surface area contributed by atoms with Crippen LogP contribution < -0.4 is 0 Å². The molecular weight excluding hydrogens is 1180 g/mol. The van der Waals surface area contributed by atoms with Crippen LogP contribution in [0.3, 0.4) is 0 Å². The van der Waals surface area contributed by atoms with E-state index in [0.717, 1.165) is 0 Å². The third-order valence-corrected chi connectivity index (χ3v) is 6.22. The Kier molecular flexibility index (Phi) is 53.0. The lowest BCUT2D eigenvalue weighted by atomic mass is 10.2. The van der Waals surface area contributed by atoms with Crippen LogP contribution in [-0.2, 0) is 28.6 Å². The summed E-state index contributed by atoms with van der Waals surface area (Å²) >= 11 is 0. The Morgan fingerprint density at radius 2 is 0.344 bits per heavy atom. The highest BCUT2D eigenvalue weighted by Gasteiger charge is 2.18. The van der Waals surface area contributed by atoms with Gasteiger partial charge in [0.05, 0.1) is 12.0 Å². The van der Waals surface area contributed by atoms with Crippen molar-refractivity contribution in [3.63, 3.8) is 0 Å². The molecule has 0 aromatic rings. The van der Waals surface area contributed by atoms with Crippen molar-refractivity contribution in [1.29, 1.82) is 0 Å². The van der Waals surface area contributed by atoms with Gasteiger partial charge in [-0.1, -0.05) is 0 Å². The largest absolute Gasteiger partial charge is 0.371 e. The highest BCUT2D eigenvalue weighted by atomic mass is 16.5. The predicted octanol–water partition coefficient (Wildman–Crippen LogP) is -0.163. The van der Waals surface area contributed by atoms with Gasteiger partial charge in [-0.2, -0.15) is 0 Å². The summed E-state index contributed by atoms with van der Waals surface area (Å²) in [6.45, 7) is 0. The lowest BCUT2D eigenvalue weighted by molar-refractivity contribution is -0.139. The first-order chi connectivity index (χ1) is 47.5. The van der Waals surface area contributed by atoms with Crippen molar-refractivity contribution in [3.8, 4) is 499 Å². The fraction of sp³-hybridized carbons (Fsp3) is 0.0111. The van der Waals surface area contributed by atoms with E-state index in [1.165, 1.54) is 0 Å². The van der Waals surface area contributed by atoms with Crippen LogP contribution in [0.1, 0.15) is 6.42 Å². The molecule has 0 rings (SSSR count). The van der Waals surface area contributed by atoms with Crippen molar-refractivity contribution in [2.45, 2.75) is 6.42 Å². The first-order valence-electron chi connectivity index (χ1n) is 23.7. The van der Waals surface area contributed by atoms with Crippen LogP contribution in [-0.4, -0.2) is 17.9 Å². The number of carbonyl (C=O) groups excluding carboxylic acids is 3. The summed E-state index contributed by atoms with van der Waals surface area (Å²) in [7, 11) is 0. The Hall–Kier alpha value is -20.3. The van der Waals surface area contributed by atoms with E-state index < -0.39 is 29.9 Å². The van der Waals surface area contributed by atoms with Crippen LogP contribution in [0.15, 0.2) is 11.6 Å². The maximum atomic E-state index is 12.8. The average molecular weight is 1180 g/mol. The number of hydrogen-bond acceptors (Lipinski definition) is 6. The van der Waals surface area contributed by atoms with Crippen molar-refractivity contribution >= 4 is 17.9 Å². The SMILES string of the molecule is C#CC#CC#CC#CC#CC#CC#CC#CC#CC#CC#CC#CC#CC#COC(=O)C=C(CC(=O)OC#CC#CC#CC#CC#CC#CC#CC#CC#CC#CC#CC#CC#CC#C)C(=O)OC#CC#CC#CC#CC#CC#CC#CC#CC#CC#CC#CC#CC#CC#C. The van der Waals surface area contributed by atoms with Gasteiger partial charge in [0.15, 0.2) is 0 Å². The second-order valence-corrected chi connectivity index (χ2v) is 12.2. The van der Waals surface area contributed by atoms with E-state index in [1.54, 1.807) is 0 Å². The molecule has 0 saturated carbocycles. The molecule has 6 nitrogen and oxygen atoms in total. The fourth-order valence-corrected chi connectivity index (χ4v) is 3.18. The smallest absolute Gasteiger partial charge is 0.348 e. The molecule has 0 aromatic carbocycles. The van der Waals surface area contributed by atoms with E-state index in [2.05, 4.69) is 462 Å². The molecule has 402 valence electrons. The summed E-state index contributed by atoms with van der Waals surface area (Å²) in [6.07, 6.45) is 20.6. The Balaban J connectivity index is 5.90. The molecule has 0 N–H and O–H groups in total. The van der Waals surface area contributed by atoms with Crippen LogP contribution in [0.5, 0.6) is 0 Å². The molecule has 0 unspecified atom stereocenters. The van der Waals surface area contributed by atoms with E-state index in [1.807, 2.05) is 18.3 Å². The van der Waals surface area contributed by atoms with Gasteiger partial charge in [-0.3, -0.25) is 4.79 Å². The van der Waals surface area contributed by atoms with E-state index in [9.17, 15) is 14.4 Å². The molecule has 0 bridgehead atoms. The third-order valence-electron chi connectivity index (χ3n) is 6.22. The fourth-order valence-electron chi connectivity index (χ4n) is 3.18. The topological polar surface area (TPSA) is 78.9 Å². The highest BCUT2D eigenvalue weighted by Crippen LogP contribution is 2.07. The Labute approximate surface area is 560 Å². The lowest BCUT2D eigenvalue weighted by Crippen LogP contribution is -2.13. The summed E-state index contributed by atoms with van der Waals surface area (Å²) in [5.74, 6) is 184. The zero-order valence-electron chi connectivity index (χ0n) is 48.0. The molecule has 0 spiro atoms. The molecule has 0 radical (unpaired) electrons. The molecule has 0 fully saturated rings. The van der Waals surface area contributed by atoms with Crippen LogP contribution in [0.25, 0.3) is 0 Å². The number of ether oxygens (including phenoxy) is 3.